The van der Waals surface area contributed by atoms with Gasteiger partial charge in [-0.05, 0) is 19.4 Å². The first-order valence-corrected chi connectivity index (χ1v) is 5.67. The Kier molecular flexibility index (Phi) is 4.90. The Labute approximate surface area is 102 Å². The molecule has 0 aromatic carbocycles. The molecule has 0 bridgehead atoms. The Morgan fingerprint density at radius 2 is 2.29 bits per heavy atom. The van der Waals surface area contributed by atoms with Gasteiger partial charge in [-0.2, -0.15) is 0 Å². The highest BCUT2D eigenvalue weighted by Gasteiger charge is 2.08. The summed E-state index contributed by atoms with van der Waals surface area (Å²) in [5, 5.41) is 2.85. The van der Waals surface area contributed by atoms with E-state index < -0.39 is 0 Å². The van der Waals surface area contributed by atoms with Crippen molar-refractivity contribution in [3.8, 4) is 0 Å². The summed E-state index contributed by atoms with van der Waals surface area (Å²) < 4.78 is 0. The number of amides is 1. The molecule has 17 heavy (non-hydrogen) atoms. The van der Waals surface area contributed by atoms with Crippen LogP contribution in [0, 0.1) is 0 Å². The van der Waals surface area contributed by atoms with Gasteiger partial charge in [0, 0.05) is 32.8 Å². The minimum absolute atomic E-state index is 0.0293. The quantitative estimate of drug-likeness (QED) is 0.806. The second kappa shape index (κ2) is 6.20. The van der Waals surface area contributed by atoms with E-state index in [1.165, 1.54) is 0 Å². The van der Waals surface area contributed by atoms with E-state index in [9.17, 15) is 4.79 Å². The van der Waals surface area contributed by atoms with E-state index in [1.54, 1.807) is 12.4 Å². The largest absolute Gasteiger partial charge is 0.376 e. The first-order chi connectivity index (χ1) is 8.00. The van der Waals surface area contributed by atoms with E-state index in [0.717, 1.165) is 11.4 Å². The fourth-order valence-corrected chi connectivity index (χ4v) is 1.44. The van der Waals surface area contributed by atoms with Crippen molar-refractivity contribution in [3.05, 3.63) is 18.5 Å². The molecule has 0 fully saturated rings. The van der Waals surface area contributed by atoms with Crippen molar-refractivity contribution in [2.45, 2.75) is 25.8 Å². The summed E-state index contributed by atoms with van der Waals surface area (Å²) in [6.45, 7) is 1.89. The maximum atomic E-state index is 11.7. The van der Waals surface area contributed by atoms with E-state index in [-0.39, 0.29) is 11.9 Å². The first kappa shape index (κ1) is 13.4. The van der Waals surface area contributed by atoms with Gasteiger partial charge in [-0.1, -0.05) is 0 Å². The molecule has 1 unspecified atom stereocenters. The summed E-state index contributed by atoms with van der Waals surface area (Å²) in [6, 6.07) is 1.91. The topological polar surface area (TPSA) is 71.2 Å². The lowest BCUT2D eigenvalue weighted by Crippen LogP contribution is -2.20. The second-order valence-corrected chi connectivity index (χ2v) is 4.35. The highest BCUT2D eigenvalue weighted by atomic mass is 16.1. The SMILES string of the molecule is CC(N)CCC(=O)Nc1cnccc1N(C)C. The van der Waals surface area contributed by atoms with Crippen LogP contribution in [0.5, 0.6) is 0 Å². The number of carbonyl (C=O) groups excluding carboxylic acids is 1. The molecule has 1 aromatic heterocycles. The van der Waals surface area contributed by atoms with E-state index in [1.807, 2.05) is 32.0 Å². The summed E-state index contributed by atoms with van der Waals surface area (Å²) in [6.07, 6.45) is 4.47. The van der Waals surface area contributed by atoms with Gasteiger partial charge in [0.05, 0.1) is 17.6 Å². The molecular formula is C12H20N4O. The monoisotopic (exact) mass is 236 g/mol. The predicted octanol–water partition coefficient (Wildman–Crippen LogP) is 1.21. The molecule has 0 radical (unpaired) electrons. The van der Waals surface area contributed by atoms with Crippen molar-refractivity contribution in [2.75, 3.05) is 24.3 Å². The normalized spacial score (nSPS) is 12.0. The molecule has 1 aromatic rings. The Balaban J connectivity index is 2.65. The zero-order valence-electron chi connectivity index (χ0n) is 10.6. The van der Waals surface area contributed by atoms with Crippen molar-refractivity contribution >= 4 is 17.3 Å². The molecule has 0 aliphatic carbocycles. The van der Waals surface area contributed by atoms with Gasteiger partial charge in [0.1, 0.15) is 0 Å². The number of anilines is 2. The number of nitrogens with two attached hydrogens (primary N) is 1. The van der Waals surface area contributed by atoms with Crippen LogP contribution in [0.1, 0.15) is 19.8 Å². The number of rotatable bonds is 5. The highest BCUT2D eigenvalue weighted by molar-refractivity contribution is 5.94. The number of hydrogen-bond donors (Lipinski definition) is 2. The fourth-order valence-electron chi connectivity index (χ4n) is 1.44. The molecule has 94 valence electrons. The number of nitrogens with one attached hydrogen (secondary N) is 1. The molecule has 1 amide bonds. The Morgan fingerprint density at radius 3 is 2.88 bits per heavy atom. The zero-order valence-corrected chi connectivity index (χ0v) is 10.6. The first-order valence-electron chi connectivity index (χ1n) is 5.67. The lowest BCUT2D eigenvalue weighted by Gasteiger charge is -2.17. The van der Waals surface area contributed by atoms with Crippen molar-refractivity contribution < 1.29 is 4.79 Å². The van der Waals surface area contributed by atoms with E-state index in [2.05, 4.69) is 10.3 Å². The van der Waals surface area contributed by atoms with E-state index in [0.29, 0.717) is 12.8 Å². The third kappa shape index (κ3) is 4.40. The number of aromatic nitrogens is 1. The van der Waals surface area contributed by atoms with Crippen LogP contribution in [0.2, 0.25) is 0 Å². The molecule has 5 heteroatoms. The molecule has 0 aliphatic rings. The van der Waals surface area contributed by atoms with Gasteiger partial charge < -0.3 is 16.0 Å². The van der Waals surface area contributed by atoms with Crippen LogP contribution < -0.4 is 16.0 Å². The molecule has 1 rings (SSSR count). The van der Waals surface area contributed by atoms with Crippen LogP contribution in [-0.2, 0) is 4.79 Å². The maximum absolute atomic E-state index is 11.7. The van der Waals surface area contributed by atoms with Crippen molar-refractivity contribution in [1.82, 2.24) is 4.98 Å². The average molecular weight is 236 g/mol. The van der Waals surface area contributed by atoms with Crippen LogP contribution in [0.3, 0.4) is 0 Å². The van der Waals surface area contributed by atoms with Crippen LogP contribution >= 0.6 is 0 Å². The number of pyridine rings is 1. The van der Waals surface area contributed by atoms with E-state index >= 15 is 0 Å². The van der Waals surface area contributed by atoms with Crippen molar-refractivity contribution in [1.29, 1.82) is 0 Å². The molecule has 0 aliphatic heterocycles. The highest BCUT2D eigenvalue weighted by Crippen LogP contribution is 2.22. The number of hydrogen-bond acceptors (Lipinski definition) is 4. The molecule has 5 nitrogen and oxygen atoms in total. The Hall–Kier alpha value is -1.62. The van der Waals surface area contributed by atoms with Gasteiger partial charge in [0.2, 0.25) is 5.91 Å². The number of nitrogens with zero attached hydrogens (tertiary/aromatic N) is 2. The van der Waals surface area contributed by atoms with Crippen LogP contribution in [0.25, 0.3) is 0 Å². The van der Waals surface area contributed by atoms with Gasteiger partial charge in [0.25, 0.3) is 0 Å². The molecule has 0 spiro atoms. The van der Waals surface area contributed by atoms with Crippen molar-refractivity contribution in [2.24, 2.45) is 5.73 Å². The van der Waals surface area contributed by atoms with Crippen LogP contribution in [-0.4, -0.2) is 31.0 Å². The third-order valence-electron chi connectivity index (χ3n) is 2.38. The molecule has 1 heterocycles. The average Bonchev–Trinajstić information content (AvgIpc) is 2.27. The van der Waals surface area contributed by atoms with Gasteiger partial charge in [-0.15, -0.1) is 0 Å². The molecule has 3 N–H and O–H groups in total. The zero-order chi connectivity index (χ0) is 12.8. The van der Waals surface area contributed by atoms with Crippen molar-refractivity contribution in [3.63, 3.8) is 0 Å². The fraction of sp³-hybridized carbons (Fsp3) is 0.500. The van der Waals surface area contributed by atoms with Gasteiger partial charge in [-0.3, -0.25) is 9.78 Å². The lowest BCUT2D eigenvalue weighted by molar-refractivity contribution is -0.116. The van der Waals surface area contributed by atoms with E-state index in [4.69, 9.17) is 5.73 Å². The Bertz CT molecular complexity index is 377. The predicted molar refractivity (Wildman–Crippen MR) is 70.1 cm³/mol. The number of carbonyl (C=O) groups is 1. The minimum Gasteiger partial charge on any atom is -0.376 e. The summed E-state index contributed by atoms with van der Waals surface area (Å²) in [5.41, 5.74) is 7.28. The van der Waals surface area contributed by atoms with Gasteiger partial charge >= 0.3 is 0 Å². The summed E-state index contributed by atoms with van der Waals surface area (Å²) in [7, 11) is 3.85. The second-order valence-electron chi connectivity index (χ2n) is 4.35. The minimum atomic E-state index is -0.0293. The van der Waals surface area contributed by atoms with Gasteiger partial charge in [-0.25, -0.2) is 0 Å². The van der Waals surface area contributed by atoms with Crippen LogP contribution in [0.4, 0.5) is 11.4 Å². The van der Waals surface area contributed by atoms with Gasteiger partial charge in [0.15, 0.2) is 0 Å². The summed E-state index contributed by atoms with van der Waals surface area (Å²) in [4.78, 5) is 17.6. The Morgan fingerprint density at radius 1 is 1.59 bits per heavy atom. The molecule has 0 saturated heterocycles. The summed E-state index contributed by atoms with van der Waals surface area (Å²) in [5.74, 6) is -0.0293. The summed E-state index contributed by atoms with van der Waals surface area (Å²) >= 11 is 0. The smallest absolute Gasteiger partial charge is 0.224 e. The van der Waals surface area contributed by atoms with Crippen LogP contribution in [0.15, 0.2) is 18.5 Å². The third-order valence-corrected chi connectivity index (χ3v) is 2.38. The molecule has 0 saturated carbocycles. The lowest BCUT2D eigenvalue weighted by atomic mass is 10.2. The maximum Gasteiger partial charge on any atom is 0.224 e. The standard InChI is InChI=1S/C12H20N4O/c1-9(13)4-5-12(17)15-10-8-14-7-6-11(10)16(2)3/h6-9H,4-5,13H2,1-3H3,(H,15,17). The molecule has 1 atom stereocenters. The molecular weight excluding hydrogens is 216 g/mol.